The van der Waals surface area contributed by atoms with Crippen LogP contribution in [0.15, 0.2) is 12.1 Å². The van der Waals surface area contributed by atoms with Crippen LogP contribution in [0.25, 0.3) is 11.0 Å². The fourth-order valence-electron chi connectivity index (χ4n) is 1.23. The van der Waals surface area contributed by atoms with Crippen molar-refractivity contribution in [2.24, 2.45) is 0 Å². The summed E-state index contributed by atoms with van der Waals surface area (Å²) in [6.45, 7) is 0. The van der Waals surface area contributed by atoms with Crippen molar-refractivity contribution in [3.05, 3.63) is 27.8 Å². The molecule has 0 aliphatic heterocycles. The van der Waals surface area contributed by atoms with Gasteiger partial charge in [-0.25, -0.2) is 0 Å². The van der Waals surface area contributed by atoms with Crippen LogP contribution in [0, 0.1) is 10.1 Å². The molecular formula is C7H3AgN4O4. The Morgan fingerprint density at radius 1 is 1.56 bits per heavy atom. The van der Waals surface area contributed by atoms with E-state index in [0.29, 0.717) is 0 Å². The van der Waals surface area contributed by atoms with Crippen molar-refractivity contribution in [1.29, 1.82) is 0 Å². The summed E-state index contributed by atoms with van der Waals surface area (Å²) >= 11 is 2.98. The Morgan fingerprint density at radius 3 is 2.81 bits per heavy atom. The molecule has 0 radical (unpaired) electrons. The van der Waals surface area contributed by atoms with Crippen molar-refractivity contribution in [3.63, 3.8) is 0 Å². The number of hydrogen-bond acceptors (Lipinski definition) is 5. The van der Waals surface area contributed by atoms with E-state index >= 15 is 0 Å². The van der Waals surface area contributed by atoms with E-state index in [-0.39, 0.29) is 22.3 Å². The van der Waals surface area contributed by atoms with Gasteiger partial charge in [0.1, 0.15) is 0 Å². The fraction of sp³-hybridized carbons (Fsp3) is 0. The van der Waals surface area contributed by atoms with Crippen LogP contribution in [0.4, 0.5) is 5.69 Å². The van der Waals surface area contributed by atoms with Crippen molar-refractivity contribution < 1.29 is 36.2 Å². The van der Waals surface area contributed by atoms with Gasteiger partial charge in [-0.3, -0.25) is 0 Å². The SMILES string of the molecule is O=C(O)c1cc([N+](=O)[O-])cc2c1nn[n]2[Ag]. The van der Waals surface area contributed by atoms with Gasteiger partial charge in [0.2, 0.25) is 0 Å². The summed E-state index contributed by atoms with van der Waals surface area (Å²) in [7, 11) is 0. The van der Waals surface area contributed by atoms with Gasteiger partial charge in [-0.1, -0.05) is 0 Å². The monoisotopic (exact) mass is 314 g/mol. The van der Waals surface area contributed by atoms with Crippen LogP contribution < -0.4 is 0 Å². The molecule has 9 heteroatoms. The predicted octanol–water partition coefficient (Wildman–Crippen LogP) is 0.348. The average molecular weight is 315 g/mol. The van der Waals surface area contributed by atoms with E-state index in [1.54, 1.807) is 0 Å². The van der Waals surface area contributed by atoms with Gasteiger partial charge >= 0.3 is 100 Å². The third-order valence-corrected chi connectivity index (χ3v) is 2.40. The van der Waals surface area contributed by atoms with Gasteiger partial charge < -0.3 is 0 Å². The molecule has 86 valence electrons. The number of nitrogens with zero attached hydrogens (tertiary/aromatic N) is 4. The van der Waals surface area contributed by atoms with Crippen LogP contribution in [0.5, 0.6) is 0 Å². The van der Waals surface area contributed by atoms with E-state index in [1.807, 2.05) is 0 Å². The van der Waals surface area contributed by atoms with Crippen molar-refractivity contribution in [1.82, 2.24) is 13.4 Å². The molecule has 16 heavy (non-hydrogen) atoms. The zero-order chi connectivity index (χ0) is 11.9. The van der Waals surface area contributed by atoms with Gasteiger partial charge in [-0.05, 0) is 0 Å². The molecule has 0 saturated heterocycles. The van der Waals surface area contributed by atoms with E-state index in [1.165, 1.54) is 6.07 Å². The molecule has 0 fully saturated rings. The first-order valence-electron chi connectivity index (χ1n) is 3.90. The third kappa shape index (κ3) is 1.58. The molecule has 0 aliphatic carbocycles. The van der Waals surface area contributed by atoms with Crippen LogP contribution in [0.1, 0.15) is 10.4 Å². The molecule has 1 heterocycles. The number of carboxylic acid groups (broad SMARTS) is 1. The number of nitro groups is 1. The molecule has 0 aliphatic rings. The summed E-state index contributed by atoms with van der Waals surface area (Å²) in [6, 6.07) is 2.14. The second-order valence-corrected chi connectivity index (χ2v) is 3.47. The number of aromatic carboxylic acids is 1. The molecule has 0 spiro atoms. The number of carboxylic acids is 1. The molecule has 0 saturated carbocycles. The molecule has 1 aromatic heterocycles. The minimum atomic E-state index is -1.29. The molecule has 1 N–H and O–H groups in total. The number of hydrogen-bond donors (Lipinski definition) is 1. The predicted molar refractivity (Wildman–Crippen MR) is 46.5 cm³/mol. The first-order valence-corrected chi connectivity index (χ1v) is 4.57. The van der Waals surface area contributed by atoms with Crippen molar-refractivity contribution in [3.8, 4) is 0 Å². The first kappa shape index (κ1) is 10.7. The van der Waals surface area contributed by atoms with Gasteiger partial charge in [0.25, 0.3) is 0 Å². The zero-order valence-electron chi connectivity index (χ0n) is 7.42. The Hall–Kier alpha value is -1.77. The molecule has 0 amide bonds. The Kier molecular flexibility index (Phi) is 2.46. The average Bonchev–Trinajstić information content (AvgIpc) is 2.59. The summed E-state index contributed by atoms with van der Waals surface area (Å²) in [5.41, 5.74) is -0.262. The second kappa shape index (κ2) is 3.67. The Balaban J connectivity index is 2.86. The van der Waals surface area contributed by atoms with Gasteiger partial charge in [-0.2, -0.15) is 0 Å². The third-order valence-electron chi connectivity index (χ3n) is 1.91. The zero-order valence-corrected chi connectivity index (χ0v) is 8.90. The van der Waals surface area contributed by atoms with E-state index in [2.05, 4.69) is 31.6 Å². The maximum atomic E-state index is 10.9. The van der Waals surface area contributed by atoms with Gasteiger partial charge in [-0.15, -0.1) is 0 Å². The summed E-state index contributed by atoms with van der Waals surface area (Å²) in [5, 5.41) is 26.6. The van der Waals surface area contributed by atoms with E-state index in [9.17, 15) is 14.9 Å². The van der Waals surface area contributed by atoms with Crippen LogP contribution >= 0.6 is 0 Å². The van der Waals surface area contributed by atoms with Crippen LogP contribution in [0.3, 0.4) is 0 Å². The fourth-order valence-corrected chi connectivity index (χ4v) is 1.55. The summed E-state index contributed by atoms with van der Waals surface area (Å²) in [4.78, 5) is 20.8. The van der Waals surface area contributed by atoms with Crippen LogP contribution in [0.2, 0.25) is 0 Å². The van der Waals surface area contributed by atoms with E-state index < -0.39 is 10.9 Å². The molecule has 2 aromatic rings. The Morgan fingerprint density at radius 2 is 2.25 bits per heavy atom. The van der Waals surface area contributed by atoms with Crippen LogP contribution in [-0.4, -0.2) is 29.4 Å². The van der Waals surface area contributed by atoms with Crippen molar-refractivity contribution >= 4 is 22.7 Å². The number of aromatic nitrogens is 3. The molecule has 0 bridgehead atoms. The van der Waals surface area contributed by atoms with Gasteiger partial charge in [0.15, 0.2) is 0 Å². The first-order chi connectivity index (χ1) is 7.50. The number of rotatable bonds is 2. The van der Waals surface area contributed by atoms with Gasteiger partial charge in [0.05, 0.1) is 0 Å². The number of carbonyl (C=O) groups is 1. The topological polar surface area (TPSA) is 111 Å². The Labute approximate surface area is 100 Å². The number of fused-ring (bicyclic) bond motifs is 1. The molecule has 8 nitrogen and oxygen atoms in total. The van der Waals surface area contributed by atoms with Gasteiger partial charge in [0, 0.05) is 0 Å². The summed E-state index contributed by atoms with van der Waals surface area (Å²) in [6.07, 6.45) is 0. The number of benzene rings is 1. The normalized spacial score (nSPS) is 10.6. The summed E-state index contributed by atoms with van der Waals surface area (Å²) in [5.74, 6) is -1.29. The number of nitro benzene ring substituents is 1. The quantitative estimate of drug-likeness (QED) is 0.486. The molecule has 0 unspecified atom stereocenters. The summed E-state index contributed by atoms with van der Waals surface area (Å²) < 4.78 is 1.10. The molecule has 1 aromatic carbocycles. The van der Waals surface area contributed by atoms with E-state index in [4.69, 9.17) is 5.11 Å². The minimum absolute atomic E-state index is 0.0919. The number of non-ortho nitro benzene ring substituents is 1. The Bertz CT molecular complexity index is 608. The van der Waals surface area contributed by atoms with Crippen molar-refractivity contribution in [2.75, 3.05) is 0 Å². The molecule has 2 rings (SSSR count). The van der Waals surface area contributed by atoms with Crippen LogP contribution in [-0.2, 0) is 21.3 Å². The molecular weight excluding hydrogens is 312 g/mol. The van der Waals surface area contributed by atoms with Crippen molar-refractivity contribution in [2.45, 2.75) is 0 Å². The second-order valence-electron chi connectivity index (χ2n) is 2.84. The maximum absolute atomic E-state index is 10.9. The standard InChI is InChI=1S/C7H4N4O4.Ag/c12-7(13)4-1-3(11(14)15)2-5-6(4)9-10-8-5;/h1-2H,(H2,8,9,10,12,13);/q;+1/p-1. The molecule has 0 atom stereocenters. The van der Waals surface area contributed by atoms with E-state index in [0.717, 1.165) is 9.15 Å².